The molecule has 1 atom stereocenters. The van der Waals surface area contributed by atoms with Crippen molar-refractivity contribution in [2.45, 2.75) is 67.2 Å². The van der Waals surface area contributed by atoms with Crippen molar-refractivity contribution in [1.29, 1.82) is 0 Å². The van der Waals surface area contributed by atoms with Crippen LogP contribution in [-0.4, -0.2) is 18.5 Å². The van der Waals surface area contributed by atoms with Gasteiger partial charge in [0.15, 0.2) is 0 Å². The van der Waals surface area contributed by atoms with E-state index in [1.807, 2.05) is 19.9 Å². The summed E-state index contributed by atoms with van der Waals surface area (Å²) in [4.78, 5) is 25.4. The lowest BCUT2D eigenvalue weighted by atomic mass is 9.85. The van der Waals surface area contributed by atoms with Crippen LogP contribution in [0.1, 0.15) is 82.5 Å². The smallest absolute Gasteiger partial charge is 0.341 e. The van der Waals surface area contributed by atoms with Gasteiger partial charge in [-0.25, -0.2) is 4.79 Å². The van der Waals surface area contributed by atoms with Gasteiger partial charge in [-0.2, -0.15) is 0 Å². The van der Waals surface area contributed by atoms with E-state index in [0.29, 0.717) is 29.5 Å². The third kappa shape index (κ3) is 6.63. The van der Waals surface area contributed by atoms with Crippen molar-refractivity contribution in [1.82, 2.24) is 0 Å². The SMILES string of the molecule is CCOC(=O)c1cc([C@H](C)CC(C)(C)C)sc1NC(=O)CC(C)C. The highest BCUT2D eigenvalue weighted by molar-refractivity contribution is 7.16. The van der Waals surface area contributed by atoms with Crippen LogP contribution in [0.25, 0.3) is 0 Å². The zero-order valence-corrected chi connectivity index (χ0v) is 16.8. The van der Waals surface area contributed by atoms with Crippen molar-refractivity contribution in [2.24, 2.45) is 11.3 Å². The second kappa shape index (κ2) is 8.65. The largest absolute Gasteiger partial charge is 0.462 e. The summed E-state index contributed by atoms with van der Waals surface area (Å²) in [6.45, 7) is 14.9. The number of hydrogen-bond donors (Lipinski definition) is 1. The number of nitrogens with one attached hydrogen (secondary N) is 1. The van der Waals surface area contributed by atoms with Crippen LogP contribution in [0.4, 0.5) is 5.00 Å². The van der Waals surface area contributed by atoms with E-state index in [1.165, 1.54) is 11.3 Å². The first-order chi connectivity index (χ1) is 11.0. The van der Waals surface area contributed by atoms with Gasteiger partial charge in [0.1, 0.15) is 5.00 Å². The van der Waals surface area contributed by atoms with Crippen LogP contribution in [-0.2, 0) is 9.53 Å². The van der Waals surface area contributed by atoms with Crippen molar-refractivity contribution >= 4 is 28.2 Å². The average Bonchev–Trinajstić information content (AvgIpc) is 2.80. The van der Waals surface area contributed by atoms with Crippen molar-refractivity contribution < 1.29 is 14.3 Å². The summed E-state index contributed by atoms with van der Waals surface area (Å²) >= 11 is 1.49. The van der Waals surface area contributed by atoms with Gasteiger partial charge >= 0.3 is 5.97 Å². The summed E-state index contributed by atoms with van der Waals surface area (Å²) in [5.74, 6) is 0.157. The predicted molar refractivity (Wildman–Crippen MR) is 101 cm³/mol. The summed E-state index contributed by atoms with van der Waals surface area (Å²) < 4.78 is 5.14. The van der Waals surface area contributed by atoms with E-state index in [4.69, 9.17) is 4.74 Å². The first kappa shape index (κ1) is 20.7. The van der Waals surface area contributed by atoms with Crippen LogP contribution in [0.5, 0.6) is 0 Å². The van der Waals surface area contributed by atoms with Gasteiger partial charge in [-0.05, 0) is 36.7 Å². The Balaban J connectivity index is 3.06. The minimum absolute atomic E-state index is 0.0626. The molecule has 1 heterocycles. The first-order valence-corrected chi connectivity index (χ1v) is 9.45. The fourth-order valence-corrected chi connectivity index (χ4v) is 3.79. The predicted octanol–water partition coefficient (Wildman–Crippen LogP) is 5.45. The zero-order chi connectivity index (χ0) is 18.5. The van der Waals surface area contributed by atoms with E-state index in [0.717, 1.165) is 11.3 Å². The fraction of sp³-hybridized carbons (Fsp3) is 0.684. The maximum Gasteiger partial charge on any atom is 0.341 e. The maximum absolute atomic E-state index is 12.2. The first-order valence-electron chi connectivity index (χ1n) is 8.64. The molecule has 1 aromatic heterocycles. The summed E-state index contributed by atoms with van der Waals surface area (Å²) in [5.41, 5.74) is 0.670. The second-order valence-electron chi connectivity index (χ2n) is 7.92. The fourth-order valence-electron chi connectivity index (χ4n) is 2.67. The Morgan fingerprint density at radius 1 is 1.25 bits per heavy atom. The number of hydrogen-bond acceptors (Lipinski definition) is 4. The highest BCUT2D eigenvalue weighted by Gasteiger charge is 2.24. The summed E-state index contributed by atoms with van der Waals surface area (Å²) in [5, 5.41) is 3.50. The second-order valence-corrected chi connectivity index (χ2v) is 9.01. The number of ether oxygens (including phenoxy) is 1. The molecule has 1 aromatic rings. The quantitative estimate of drug-likeness (QED) is 0.663. The molecule has 24 heavy (non-hydrogen) atoms. The lowest BCUT2D eigenvalue weighted by molar-refractivity contribution is -0.116. The molecule has 0 aromatic carbocycles. The van der Waals surface area contributed by atoms with E-state index in [9.17, 15) is 9.59 Å². The number of anilines is 1. The molecule has 136 valence electrons. The monoisotopic (exact) mass is 353 g/mol. The molecule has 0 bridgehead atoms. The normalized spacial score (nSPS) is 13.0. The highest BCUT2D eigenvalue weighted by atomic mass is 32.1. The molecular weight excluding hydrogens is 322 g/mol. The van der Waals surface area contributed by atoms with Gasteiger partial charge in [-0.15, -0.1) is 11.3 Å². The standard InChI is InChI=1S/C19H31NO3S/c1-8-23-18(22)14-10-15(13(4)11-19(5,6)7)24-17(14)20-16(21)9-12(2)3/h10,12-13H,8-9,11H2,1-7H3,(H,20,21)/t13-/m1/s1. The number of carbonyl (C=O) groups excluding carboxylic acids is 2. The van der Waals surface area contributed by atoms with Crippen molar-refractivity contribution in [3.63, 3.8) is 0 Å². The Bertz CT molecular complexity index is 570. The molecule has 0 fully saturated rings. The van der Waals surface area contributed by atoms with Crippen LogP contribution in [0.2, 0.25) is 0 Å². The molecule has 1 amide bonds. The molecule has 0 aliphatic carbocycles. The zero-order valence-electron chi connectivity index (χ0n) is 16.0. The molecule has 4 nitrogen and oxygen atoms in total. The number of amides is 1. The van der Waals surface area contributed by atoms with Crippen molar-refractivity contribution in [3.05, 3.63) is 16.5 Å². The Hall–Kier alpha value is -1.36. The number of rotatable bonds is 7. The van der Waals surface area contributed by atoms with Gasteiger partial charge in [-0.1, -0.05) is 41.5 Å². The van der Waals surface area contributed by atoms with Gasteiger partial charge in [0.05, 0.1) is 12.2 Å². The molecule has 0 saturated heterocycles. The minimum Gasteiger partial charge on any atom is -0.462 e. The Morgan fingerprint density at radius 2 is 1.88 bits per heavy atom. The van der Waals surface area contributed by atoms with Crippen LogP contribution in [0.15, 0.2) is 6.07 Å². The van der Waals surface area contributed by atoms with E-state index >= 15 is 0 Å². The van der Waals surface area contributed by atoms with Gasteiger partial charge < -0.3 is 10.1 Å². The molecule has 0 aliphatic heterocycles. The van der Waals surface area contributed by atoms with Crippen molar-refractivity contribution in [3.8, 4) is 0 Å². The molecule has 0 saturated carbocycles. The number of esters is 1. The van der Waals surface area contributed by atoms with Crippen LogP contribution in [0.3, 0.4) is 0 Å². The summed E-state index contributed by atoms with van der Waals surface area (Å²) in [6.07, 6.45) is 1.45. The van der Waals surface area contributed by atoms with Crippen LogP contribution >= 0.6 is 11.3 Å². The van der Waals surface area contributed by atoms with Crippen molar-refractivity contribution in [2.75, 3.05) is 11.9 Å². The molecule has 1 N–H and O–H groups in total. The summed E-state index contributed by atoms with van der Waals surface area (Å²) in [6, 6.07) is 1.88. The molecule has 5 heteroatoms. The van der Waals surface area contributed by atoms with E-state index < -0.39 is 0 Å². The maximum atomic E-state index is 12.2. The molecule has 0 radical (unpaired) electrons. The number of carbonyl (C=O) groups is 2. The number of thiophene rings is 1. The van der Waals surface area contributed by atoms with Gasteiger partial charge in [-0.3, -0.25) is 4.79 Å². The molecular formula is C19H31NO3S. The van der Waals surface area contributed by atoms with Gasteiger partial charge in [0.25, 0.3) is 0 Å². The average molecular weight is 354 g/mol. The van der Waals surface area contributed by atoms with Crippen LogP contribution in [0, 0.1) is 11.3 Å². The van der Waals surface area contributed by atoms with Crippen LogP contribution < -0.4 is 5.32 Å². The molecule has 0 unspecified atom stereocenters. The minimum atomic E-state index is -0.372. The van der Waals surface area contributed by atoms with E-state index in [-0.39, 0.29) is 23.2 Å². The topological polar surface area (TPSA) is 55.4 Å². The summed E-state index contributed by atoms with van der Waals surface area (Å²) in [7, 11) is 0. The third-order valence-corrected chi connectivity index (χ3v) is 4.78. The lowest BCUT2D eigenvalue weighted by Crippen LogP contribution is -2.15. The molecule has 0 aliphatic rings. The molecule has 0 spiro atoms. The van der Waals surface area contributed by atoms with E-state index in [2.05, 4.69) is 33.0 Å². The van der Waals surface area contributed by atoms with Gasteiger partial charge in [0, 0.05) is 11.3 Å². The Kier molecular flexibility index (Phi) is 7.46. The van der Waals surface area contributed by atoms with E-state index in [1.54, 1.807) is 6.92 Å². The van der Waals surface area contributed by atoms with Gasteiger partial charge in [0.2, 0.25) is 5.91 Å². The lowest BCUT2D eigenvalue weighted by Gasteiger charge is -2.22. The third-order valence-electron chi connectivity index (χ3n) is 3.50. The highest BCUT2D eigenvalue weighted by Crippen LogP contribution is 2.38. The molecule has 1 rings (SSSR count). The Morgan fingerprint density at radius 3 is 2.38 bits per heavy atom. The Labute approximate surface area is 150 Å².